The Hall–Kier alpha value is -5.75. The SMILES string of the molecule is CC/C=C\C/C=C\C/C=C\C/C=C\C/C=C\C/C=C\C/C=C\CCCCCCCC(=O)OCC(COC(=O)CCCCC/C=C\C/C=C\C/C=C\CC)OC(=O)CCCCCCCC/C=C\C/C=C\C/C=C\C/C=C\C/C=C\C/C=C\CC. The Bertz CT molecular complexity index is 1990. The summed E-state index contributed by atoms with van der Waals surface area (Å²) >= 11 is 0. The van der Waals surface area contributed by atoms with Crippen LogP contribution in [0.5, 0.6) is 0 Å². The Kier molecular flexibility index (Phi) is 64.0. The van der Waals surface area contributed by atoms with E-state index in [1.54, 1.807) is 0 Å². The maximum absolute atomic E-state index is 12.9. The molecule has 0 N–H and O–H groups in total. The van der Waals surface area contributed by atoms with Gasteiger partial charge in [0.15, 0.2) is 6.10 Å². The number of carbonyl (C=O) groups excluding carboxylic acids is 3. The molecule has 0 spiro atoms. The molecular weight excluding hydrogens is 1020 g/mol. The van der Waals surface area contributed by atoms with Crippen molar-refractivity contribution in [2.75, 3.05) is 13.2 Å². The van der Waals surface area contributed by atoms with Crippen LogP contribution >= 0.6 is 0 Å². The average Bonchev–Trinajstić information content (AvgIpc) is 3.49. The van der Waals surface area contributed by atoms with Gasteiger partial charge in [-0.15, -0.1) is 0 Å². The molecule has 0 aromatic carbocycles. The van der Waals surface area contributed by atoms with Crippen LogP contribution in [0.25, 0.3) is 0 Å². The van der Waals surface area contributed by atoms with E-state index in [1.165, 1.54) is 12.8 Å². The van der Waals surface area contributed by atoms with Crippen LogP contribution in [0.15, 0.2) is 194 Å². The zero-order valence-electron chi connectivity index (χ0n) is 52.9. The number of allylic oxidation sites excluding steroid dienone is 32. The summed E-state index contributed by atoms with van der Waals surface area (Å²) in [6.45, 7) is 6.23. The standard InChI is InChI=1S/C77H118O6/c1-4-7-10-13-16-19-22-25-27-29-31-33-35-37-38-40-41-43-45-47-49-52-55-58-61-64-67-70-76(79)82-73-74(72-81-75(78)69-66-63-60-57-54-51-24-21-18-15-12-9-6-3)83-77(80)71-68-65-62-59-56-53-50-48-46-44-42-39-36-34-32-30-28-26-23-20-17-14-11-8-5-2/h7-12,16-21,25-28,31-34,37-39,41-43,46-49,51,54,74H,4-6,13-15,22-24,29-30,35-36,40,44-45,50,52-53,55-73H2,1-3H3/b10-7-,11-8-,12-9-,19-16-,20-17-,21-18-,27-25-,28-26-,33-31-,34-32-,38-37-,42-39-,43-41-,48-46-,49-47-,54-51-. The van der Waals surface area contributed by atoms with Crippen molar-refractivity contribution in [2.45, 2.75) is 258 Å². The molecule has 0 radical (unpaired) electrons. The fourth-order valence-electron chi connectivity index (χ4n) is 8.26. The van der Waals surface area contributed by atoms with Crippen LogP contribution in [-0.4, -0.2) is 37.2 Å². The van der Waals surface area contributed by atoms with Gasteiger partial charge in [0.25, 0.3) is 0 Å². The molecular formula is C77H118O6. The molecule has 0 aromatic rings. The highest BCUT2D eigenvalue weighted by atomic mass is 16.6. The Balaban J connectivity index is 4.47. The minimum absolute atomic E-state index is 0.115. The molecule has 1 atom stereocenters. The van der Waals surface area contributed by atoms with Crippen LogP contribution in [-0.2, 0) is 28.6 Å². The molecule has 6 heteroatoms. The van der Waals surface area contributed by atoms with Crippen LogP contribution in [0.2, 0.25) is 0 Å². The number of carbonyl (C=O) groups is 3. The zero-order chi connectivity index (χ0) is 59.9. The van der Waals surface area contributed by atoms with E-state index < -0.39 is 6.10 Å². The van der Waals surface area contributed by atoms with Crippen molar-refractivity contribution < 1.29 is 28.6 Å². The number of esters is 3. The van der Waals surface area contributed by atoms with Gasteiger partial charge in [-0.1, -0.05) is 267 Å². The molecule has 0 amide bonds. The maximum Gasteiger partial charge on any atom is 0.306 e. The van der Waals surface area contributed by atoms with E-state index >= 15 is 0 Å². The van der Waals surface area contributed by atoms with E-state index in [0.717, 1.165) is 199 Å². The first-order chi connectivity index (χ1) is 41.0. The molecule has 6 nitrogen and oxygen atoms in total. The van der Waals surface area contributed by atoms with Crippen molar-refractivity contribution in [3.63, 3.8) is 0 Å². The van der Waals surface area contributed by atoms with Gasteiger partial charge in [-0.2, -0.15) is 0 Å². The third-order valence-electron chi connectivity index (χ3n) is 13.1. The van der Waals surface area contributed by atoms with Crippen molar-refractivity contribution in [1.29, 1.82) is 0 Å². The van der Waals surface area contributed by atoms with Gasteiger partial charge in [0.1, 0.15) is 13.2 Å². The Morgan fingerprint density at radius 2 is 0.434 bits per heavy atom. The summed E-state index contributed by atoms with van der Waals surface area (Å²) in [5.74, 6) is -0.985. The second kappa shape index (κ2) is 68.7. The summed E-state index contributed by atoms with van der Waals surface area (Å²) in [6.07, 6.45) is 104. The molecule has 0 aromatic heterocycles. The Labute approximate surface area is 509 Å². The lowest BCUT2D eigenvalue weighted by atomic mass is 10.1. The van der Waals surface area contributed by atoms with Gasteiger partial charge in [0.2, 0.25) is 0 Å². The smallest absolute Gasteiger partial charge is 0.306 e. The topological polar surface area (TPSA) is 78.9 Å². The van der Waals surface area contributed by atoms with Crippen LogP contribution in [0.1, 0.15) is 252 Å². The van der Waals surface area contributed by atoms with Gasteiger partial charge in [-0.25, -0.2) is 0 Å². The average molecular weight is 1140 g/mol. The van der Waals surface area contributed by atoms with Crippen molar-refractivity contribution in [3.05, 3.63) is 194 Å². The van der Waals surface area contributed by atoms with Gasteiger partial charge in [0.05, 0.1) is 0 Å². The normalized spacial score (nSPS) is 13.4. The summed E-state index contributed by atoms with van der Waals surface area (Å²) in [5.41, 5.74) is 0. The number of hydrogen-bond donors (Lipinski definition) is 0. The summed E-state index contributed by atoms with van der Waals surface area (Å²) in [6, 6.07) is 0. The quantitative estimate of drug-likeness (QED) is 0.0261. The van der Waals surface area contributed by atoms with E-state index in [4.69, 9.17) is 14.2 Å². The molecule has 0 aliphatic heterocycles. The van der Waals surface area contributed by atoms with E-state index in [1.807, 2.05) is 0 Å². The molecule has 83 heavy (non-hydrogen) atoms. The van der Waals surface area contributed by atoms with Gasteiger partial charge < -0.3 is 14.2 Å². The molecule has 0 heterocycles. The third-order valence-corrected chi connectivity index (χ3v) is 13.1. The van der Waals surface area contributed by atoms with Crippen LogP contribution < -0.4 is 0 Å². The monoisotopic (exact) mass is 1140 g/mol. The third kappa shape index (κ3) is 66.9. The second-order valence-electron chi connectivity index (χ2n) is 20.9. The summed E-state index contributed by atoms with van der Waals surface area (Å²) in [4.78, 5) is 38.4. The zero-order valence-corrected chi connectivity index (χ0v) is 52.9. The minimum atomic E-state index is -0.821. The molecule has 0 aliphatic rings. The molecule has 0 rings (SSSR count). The van der Waals surface area contributed by atoms with Crippen molar-refractivity contribution in [2.24, 2.45) is 0 Å². The van der Waals surface area contributed by atoms with Crippen LogP contribution in [0, 0.1) is 0 Å². The van der Waals surface area contributed by atoms with E-state index in [2.05, 4.69) is 215 Å². The van der Waals surface area contributed by atoms with Crippen molar-refractivity contribution >= 4 is 17.9 Å². The molecule has 0 bridgehead atoms. The van der Waals surface area contributed by atoms with Gasteiger partial charge >= 0.3 is 17.9 Å². The molecule has 0 fully saturated rings. The number of rotatable bonds is 57. The van der Waals surface area contributed by atoms with E-state index in [-0.39, 0.29) is 37.5 Å². The molecule has 0 saturated heterocycles. The van der Waals surface area contributed by atoms with E-state index in [9.17, 15) is 14.4 Å². The first-order valence-corrected chi connectivity index (χ1v) is 32.9. The maximum atomic E-state index is 12.9. The van der Waals surface area contributed by atoms with E-state index in [0.29, 0.717) is 12.8 Å². The number of ether oxygens (including phenoxy) is 3. The number of hydrogen-bond acceptors (Lipinski definition) is 6. The predicted octanol–water partition coefficient (Wildman–Crippen LogP) is 23.0. The summed E-state index contributed by atoms with van der Waals surface area (Å²) in [5, 5.41) is 0. The van der Waals surface area contributed by atoms with Crippen LogP contribution in [0.3, 0.4) is 0 Å². The largest absolute Gasteiger partial charge is 0.462 e. The van der Waals surface area contributed by atoms with Gasteiger partial charge in [-0.3, -0.25) is 14.4 Å². The van der Waals surface area contributed by atoms with Crippen molar-refractivity contribution in [1.82, 2.24) is 0 Å². The highest BCUT2D eigenvalue weighted by molar-refractivity contribution is 5.71. The van der Waals surface area contributed by atoms with Gasteiger partial charge in [-0.05, 0) is 161 Å². The lowest BCUT2D eigenvalue weighted by molar-refractivity contribution is -0.167. The molecule has 462 valence electrons. The first-order valence-electron chi connectivity index (χ1n) is 32.9. The second-order valence-corrected chi connectivity index (χ2v) is 20.9. The van der Waals surface area contributed by atoms with Crippen LogP contribution in [0.4, 0.5) is 0 Å². The lowest BCUT2D eigenvalue weighted by Gasteiger charge is -2.18. The Morgan fingerprint density at radius 3 is 0.687 bits per heavy atom. The summed E-state index contributed by atoms with van der Waals surface area (Å²) in [7, 11) is 0. The Morgan fingerprint density at radius 1 is 0.241 bits per heavy atom. The van der Waals surface area contributed by atoms with Crippen molar-refractivity contribution in [3.8, 4) is 0 Å². The highest BCUT2D eigenvalue weighted by Crippen LogP contribution is 2.13. The number of unbranched alkanes of at least 4 members (excludes halogenated alkanes) is 14. The molecule has 1 unspecified atom stereocenters. The fourth-order valence-corrected chi connectivity index (χ4v) is 8.26. The first kappa shape index (κ1) is 77.2. The fraction of sp³-hybridized carbons (Fsp3) is 0.545. The lowest BCUT2D eigenvalue weighted by Crippen LogP contribution is -2.30. The summed E-state index contributed by atoms with van der Waals surface area (Å²) < 4.78 is 16.9. The molecule has 0 saturated carbocycles. The minimum Gasteiger partial charge on any atom is -0.462 e. The molecule has 0 aliphatic carbocycles. The van der Waals surface area contributed by atoms with Gasteiger partial charge in [0, 0.05) is 19.3 Å². The predicted molar refractivity (Wildman–Crippen MR) is 361 cm³/mol. The highest BCUT2D eigenvalue weighted by Gasteiger charge is 2.19.